The summed E-state index contributed by atoms with van der Waals surface area (Å²) in [4.78, 5) is 25.7. The lowest BCUT2D eigenvalue weighted by Crippen LogP contribution is -2.51. The summed E-state index contributed by atoms with van der Waals surface area (Å²) in [6.45, 7) is 6.81. The van der Waals surface area contributed by atoms with E-state index in [1.165, 1.54) is 0 Å². The van der Waals surface area contributed by atoms with Gasteiger partial charge in [-0.05, 0) is 44.0 Å². The van der Waals surface area contributed by atoms with Crippen molar-refractivity contribution in [2.75, 3.05) is 25.3 Å². The van der Waals surface area contributed by atoms with E-state index in [4.69, 9.17) is 9.47 Å². The van der Waals surface area contributed by atoms with E-state index < -0.39 is 5.54 Å². The van der Waals surface area contributed by atoms with Gasteiger partial charge in [0.25, 0.3) is 0 Å². The number of carbonyl (C=O) groups is 2. The van der Waals surface area contributed by atoms with Gasteiger partial charge in [0.05, 0.1) is 18.9 Å². The molecule has 1 atom stereocenters. The molecule has 2 rings (SSSR count). The average Bonchev–Trinajstić information content (AvgIpc) is 3.06. The molecule has 1 aliphatic rings. The Hall–Kier alpha value is -2.54. The molecule has 1 aromatic rings. The predicted octanol–water partition coefficient (Wildman–Crippen LogP) is 3.22. The lowest BCUT2D eigenvalue weighted by atomic mass is 10.1. The molecule has 0 aromatic heterocycles. The minimum Gasteiger partial charge on any atom is -0.464 e. The van der Waals surface area contributed by atoms with Gasteiger partial charge in [0, 0.05) is 19.8 Å². The Balaban J connectivity index is 1.99. The van der Waals surface area contributed by atoms with E-state index in [9.17, 15) is 9.59 Å². The molecule has 0 radical (unpaired) electrons. The highest BCUT2D eigenvalue weighted by atomic mass is 16.6. The lowest BCUT2D eigenvalue weighted by Gasteiger charge is -2.26. The molecule has 0 fully saturated rings. The number of nitrogens with zero attached hydrogens (tertiary/aromatic N) is 2. The highest BCUT2D eigenvalue weighted by molar-refractivity contribution is 5.84. The number of hydrogen-bond donors (Lipinski definition) is 1. The molecule has 27 heavy (non-hydrogen) atoms. The molecular weight excluding hydrogens is 346 g/mol. The zero-order chi connectivity index (χ0) is 19.9. The van der Waals surface area contributed by atoms with Crippen molar-refractivity contribution in [3.05, 3.63) is 42.1 Å². The molecule has 1 unspecified atom stereocenters. The fourth-order valence-corrected chi connectivity index (χ4v) is 2.65. The van der Waals surface area contributed by atoms with Crippen LogP contribution in [0.4, 0.5) is 10.5 Å². The number of carbonyl (C=O) groups excluding carboxylic acids is 2. The molecule has 0 saturated carbocycles. The summed E-state index contributed by atoms with van der Waals surface area (Å²) in [5, 5.41) is 1.78. The highest BCUT2D eigenvalue weighted by Crippen LogP contribution is 2.24. The molecule has 0 saturated heterocycles. The lowest BCUT2D eigenvalue weighted by molar-refractivity contribution is -0.148. The summed E-state index contributed by atoms with van der Waals surface area (Å²) < 4.78 is 10.3. The van der Waals surface area contributed by atoms with Crippen LogP contribution in [0.1, 0.15) is 39.2 Å². The van der Waals surface area contributed by atoms with Crippen molar-refractivity contribution >= 4 is 17.7 Å². The minimum absolute atomic E-state index is 0.325. The largest absolute Gasteiger partial charge is 0.464 e. The SMILES string of the molecule is CCCCOC(=O)N(C)Cc1cccc(N2C=CC(C)(C(=O)OCC)N2)c1. The second-order valence-corrected chi connectivity index (χ2v) is 6.71. The maximum absolute atomic E-state index is 12.1. The van der Waals surface area contributed by atoms with Crippen molar-refractivity contribution in [1.29, 1.82) is 0 Å². The second kappa shape index (κ2) is 9.41. The number of amides is 1. The minimum atomic E-state index is -0.897. The third-order valence-electron chi connectivity index (χ3n) is 4.25. The topological polar surface area (TPSA) is 71.1 Å². The zero-order valence-electron chi connectivity index (χ0n) is 16.5. The van der Waals surface area contributed by atoms with Gasteiger partial charge in [0.2, 0.25) is 0 Å². The number of rotatable bonds is 8. The Labute approximate surface area is 160 Å². The standard InChI is InChI=1S/C20H29N3O4/c1-5-7-13-27-19(25)22(4)15-16-9-8-10-17(14-16)23-12-11-20(3,21-23)18(24)26-6-2/h8-12,14,21H,5-7,13,15H2,1-4H3. The van der Waals surface area contributed by atoms with E-state index in [-0.39, 0.29) is 12.1 Å². The van der Waals surface area contributed by atoms with Crippen LogP contribution in [0.5, 0.6) is 0 Å². The van der Waals surface area contributed by atoms with Gasteiger partial charge in [-0.15, -0.1) is 0 Å². The summed E-state index contributed by atoms with van der Waals surface area (Å²) in [6, 6.07) is 7.75. The van der Waals surface area contributed by atoms with Crippen molar-refractivity contribution in [1.82, 2.24) is 10.3 Å². The van der Waals surface area contributed by atoms with Crippen molar-refractivity contribution in [3.63, 3.8) is 0 Å². The molecule has 0 aliphatic carbocycles. The number of ether oxygens (including phenoxy) is 2. The van der Waals surface area contributed by atoms with Crippen LogP contribution < -0.4 is 10.4 Å². The first-order chi connectivity index (χ1) is 12.9. The van der Waals surface area contributed by atoms with Gasteiger partial charge in [0.1, 0.15) is 0 Å². The van der Waals surface area contributed by atoms with E-state index in [0.29, 0.717) is 19.8 Å². The van der Waals surface area contributed by atoms with Crippen LogP contribution in [-0.4, -0.2) is 42.8 Å². The van der Waals surface area contributed by atoms with E-state index in [0.717, 1.165) is 24.1 Å². The fraction of sp³-hybridized carbons (Fsp3) is 0.500. The summed E-state index contributed by atoms with van der Waals surface area (Å²) in [6.07, 6.45) is 5.09. The molecule has 1 aromatic carbocycles. The van der Waals surface area contributed by atoms with Crippen molar-refractivity contribution in [3.8, 4) is 0 Å². The summed E-state index contributed by atoms with van der Waals surface area (Å²) in [5.74, 6) is -0.325. The van der Waals surface area contributed by atoms with E-state index in [1.54, 1.807) is 43.1 Å². The number of hydrogen-bond acceptors (Lipinski definition) is 6. The third-order valence-corrected chi connectivity index (χ3v) is 4.25. The number of anilines is 1. The van der Waals surface area contributed by atoms with Gasteiger partial charge in [-0.1, -0.05) is 25.5 Å². The first-order valence-electron chi connectivity index (χ1n) is 9.30. The fourth-order valence-electron chi connectivity index (χ4n) is 2.65. The smallest absolute Gasteiger partial charge is 0.409 e. The van der Waals surface area contributed by atoms with Gasteiger partial charge in [-0.2, -0.15) is 0 Å². The van der Waals surface area contributed by atoms with Crippen molar-refractivity contribution in [2.45, 2.75) is 45.7 Å². The molecule has 1 aliphatic heterocycles. The normalized spacial score (nSPS) is 18.4. The van der Waals surface area contributed by atoms with Gasteiger partial charge in [0.15, 0.2) is 5.54 Å². The first kappa shape index (κ1) is 20.8. The second-order valence-electron chi connectivity index (χ2n) is 6.71. The molecule has 0 spiro atoms. The molecular formula is C20H29N3O4. The number of esters is 1. The number of benzene rings is 1. The van der Waals surface area contributed by atoms with Gasteiger partial charge in [-0.3, -0.25) is 5.01 Å². The third kappa shape index (κ3) is 5.47. The van der Waals surface area contributed by atoms with Crippen LogP contribution in [0, 0.1) is 0 Å². The number of nitrogens with one attached hydrogen (secondary N) is 1. The Morgan fingerprint density at radius 1 is 1.26 bits per heavy atom. The molecule has 0 bridgehead atoms. The summed E-state index contributed by atoms with van der Waals surface area (Å²) >= 11 is 0. The van der Waals surface area contributed by atoms with E-state index in [1.807, 2.05) is 24.3 Å². The summed E-state index contributed by atoms with van der Waals surface area (Å²) in [7, 11) is 1.72. The van der Waals surface area contributed by atoms with E-state index in [2.05, 4.69) is 12.3 Å². The van der Waals surface area contributed by atoms with Crippen LogP contribution in [0.2, 0.25) is 0 Å². The molecule has 1 heterocycles. The maximum Gasteiger partial charge on any atom is 0.409 e. The van der Waals surface area contributed by atoms with E-state index >= 15 is 0 Å². The number of unbranched alkanes of at least 4 members (excludes halogenated alkanes) is 1. The van der Waals surface area contributed by atoms with Crippen molar-refractivity contribution < 1.29 is 19.1 Å². The number of hydrazine groups is 1. The predicted molar refractivity (Wildman–Crippen MR) is 104 cm³/mol. The monoisotopic (exact) mass is 375 g/mol. The molecule has 7 heteroatoms. The van der Waals surface area contributed by atoms with Gasteiger partial charge in [-0.25, -0.2) is 15.0 Å². The Bertz CT molecular complexity index is 692. The highest BCUT2D eigenvalue weighted by Gasteiger charge is 2.37. The zero-order valence-corrected chi connectivity index (χ0v) is 16.5. The van der Waals surface area contributed by atoms with Crippen LogP contribution in [0.25, 0.3) is 0 Å². The Kier molecular flexibility index (Phi) is 7.24. The molecule has 7 nitrogen and oxygen atoms in total. The van der Waals surface area contributed by atoms with Crippen LogP contribution in [0.15, 0.2) is 36.5 Å². The first-order valence-corrected chi connectivity index (χ1v) is 9.30. The van der Waals surface area contributed by atoms with Gasteiger partial charge < -0.3 is 14.4 Å². The molecule has 1 amide bonds. The van der Waals surface area contributed by atoms with Crippen LogP contribution in [-0.2, 0) is 20.8 Å². The summed E-state index contributed by atoms with van der Waals surface area (Å²) in [5.41, 5.74) is 4.08. The molecule has 148 valence electrons. The van der Waals surface area contributed by atoms with Crippen molar-refractivity contribution in [2.24, 2.45) is 0 Å². The average molecular weight is 375 g/mol. The Morgan fingerprint density at radius 2 is 2.04 bits per heavy atom. The van der Waals surface area contributed by atoms with Gasteiger partial charge >= 0.3 is 12.1 Å². The maximum atomic E-state index is 12.1. The quantitative estimate of drug-likeness (QED) is 0.556. The van der Waals surface area contributed by atoms with Crippen LogP contribution >= 0.6 is 0 Å². The van der Waals surface area contributed by atoms with Crippen LogP contribution in [0.3, 0.4) is 0 Å². The Morgan fingerprint density at radius 3 is 2.74 bits per heavy atom. The molecule has 1 N–H and O–H groups in total.